The first kappa shape index (κ1) is 44.5. The second kappa shape index (κ2) is 32.1. The van der Waals surface area contributed by atoms with Crippen LogP contribution < -0.4 is 0 Å². The van der Waals surface area contributed by atoms with Gasteiger partial charge in [0.15, 0.2) is 0 Å². The molecule has 0 radical (unpaired) electrons. The van der Waals surface area contributed by atoms with E-state index in [-0.39, 0.29) is 25.8 Å². The van der Waals surface area contributed by atoms with E-state index >= 15 is 0 Å². The van der Waals surface area contributed by atoms with Crippen molar-refractivity contribution in [1.29, 1.82) is 0 Å². The number of ether oxygens (including phenoxy) is 3. The van der Waals surface area contributed by atoms with Crippen molar-refractivity contribution in [3.63, 3.8) is 0 Å². The van der Waals surface area contributed by atoms with Crippen LogP contribution in [0.3, 0.4) is 0 Å². The van der Waals surface area contributed by atoms with E-state index in [2.05, 4.69) is 19.1 Å². The number of likely N-dealkylation sites (N-methyl/N-ethyl adjacent to an activating group) is 1. The number of rotatable bonds is 35. The maximum atomic E-state index is 12.0. The summed E-state index contributed by atoms with van der Waals surface area (Å²) in [5.74, 6) is -1.60. The van der Waals surface area contributed by atoms with Crippen molar-refractivity contribution in [2.24, 2.45) is 0 Å². The largest absolute Gasteiger partial charge is 0.477 e. The van der Waals surface area contributed by atoms with Crippen molar-refractivity contribution in [2.75, 3.05) is 47.5 Å². The molecule has 8 heteroatoms. The highest BCUT2D eigenvalue weighted by molar-refractivity contribution is 5.70. The van der Waals surface area contributed by atoms with Crippen LogP contribution in [0.2, 0.25) is 0 Å². The Hall–Kier alpha value is -1.48. The molecule has 0 saturated carbocycles. The zero-order valence-electron chi connectivity index (χ0n) is 30.5. The fourth-order valence-corrected chi connectivity index (χ4v) is 5.24. The number of carbonyl (C=O) groups excluding carboxylic acids is 1. The Kier molecular flexibility index (Phi) is 31.1. The number of aliphatic hydroxyl groups is 1. The molecule has 0 bridgehead atoms. The van der Waals surface area contributed by atoms with Gasteiger partial charge in [0.05, 0.1) is 34.4 Å². The van der Waals surface area contributed by atoms with E-state index in [1.165, 1.54) is 128 Å². The first-order valence-electron chi connectivity index (χ1n) is 18.9. The number of quaternary nitrogens is 1. The van der Waals surface area contributed by atoms with E-state index in [1.54, 1.807) is 0 Å². The number of unbranched alkanes of at least 4 members (excludes halogenated alkanes) is 21. The normalized spacial score (nSPS) is 13.3. The predicted octanol–water partition coefficient (Wildman–Crippen LogP) is 8.98. The number of allylic oxidation sites excluding steroid dienone is 2. The molecule has 0 rings (SSSR count). The number of carboxylic acids is 1. The Labute approximate surface area is 283 Å². The van der Waals surface area contributed by atoms with Gasteiger partial charge in [-0.05, 0) is 32.1 Å². The van der Waals surface area contributed by atoms with Crippen LogP contribution in [0.4, 0.5) is 0 Å². The summed E-state index contributed by atoms with van der Waals surface area (Å²) in [4.78, 5) is 23.2. The summed E-state index contributed by atoms with van der Waals surface area (Å²) in [6.07, 6.45) is 32.5. The van der Waals surface area contributed by atoms with Gasteiger partial charge in [0.25, 0.3) is 6.29 Å². The van der Waals surface area contributed by atoms with E-state index < -0.39 is 18.4 Å². The van der Waals surface area contributed by atoms with Crippen LogP contribution in [-0.2, 0) is 23.8 Å². The standard InChI is InChI=1S/C38H73NO7/c1-5-6-7-8-9-10-11-12-13-14-15-16-17-18-19-20-21-22-23-24-25-26-27-28-29-30-36(41)45-33-35(40)34-46-38(37(42)43)44-32-31-39(2,3)4/h14-15,35,38,40H,5-13,16-34H2,1-4H3/p+1/b15-14-. The molecule has 2 unspecified atom stereocenters. The lowest BCUT2D eigenvalue weighted by Gasteiger charge is -2.24. The van der Waals surface area contributed by atoms with Crippen LogP contribution in [0, 0.1) is 0 Å². The van der Waals surface area contributed by atoms with Crippen LogP contribution >= 0.6 is 0 Å². The Morgan fingerprint density at radius 1 is 0.630 bits per heavy atom. The van der Waals surface area contributed by atoms with Gasteiger partial charge >= 0.3 is 11.9 Å². The second-order valence-corrected chi connectivity index (χ2v) is 14.1. The van der Waals surface area contributed by atoms with E-state index in [4.69, 9.17) is 14.2 Å². The molecule has 0 amide bonds. The topological polar surface area (TPSA) is 102 Å². The van der Waals surface area contributed by atoms with Crippen LogP contribution in [0.5, 0.6) is 0 Å². The van der Waals surface area contributed by atoms with Crippen LogP contribution in [0.1, 0.15) is 161 Å². The molecule has 0 aromatic heterocycles. The van der Waals surface area contributed by atoms with Crippen molar-refractivity contribution in [2.45, 2.75) is 173 Å². The lowest BCUT2D eigenvalue weighted by Crippen LogP contribution is -2.40. The highest BCUT2D eigenvalue weighted by Gasteiger charge is 2.22. The van der Waals surface area contributed by atoms with E-state index in [0.29, 0.717) is 17.4 Å². The van der Waals surface area contributed by atoms with Gasteiger partial charge in [0.1, 0.15) is 19.3 Å². The molecule has 2 atom stereocenters. The summed E-state index contributed by atoms with van der Waals surface area (Å²) in [7, 11) is 5.92. The third kappa shape index (κ3) is 33.9. The van der Waals surface area contributed by atoms with E-state index in [0.717, 1.165) is 19.3 Å². The first-order valence-corrected chi connectivity index (χ1v) is 18.9. The van der Waals surface area contributed by atoms with Crippen LogP contribution in [-0.4, -0.2) is 86.5 Å². The maximum Gasteiger partial charge on any atom is 0.361 e. The van der Waals surface area contributed by atoms with Gasteiger partial charge in [0.2, 0.25) is 0 Å². The minimum absolute atomic E-state index is 0.212. The molecule has 0 aliphatic carbocycles. The Morgan fingerprint density at radius 3 is 1.50 bits per heavy atom. The Bertz CT molecular complexity index is 722. The average Bonchev–Trinajstić information content (AvgIpc) is 3.00. The van der Waals surface area contributed by atoms with Gasteiger partial charge in [0, 0.05) is 6.42 Å². The van der Waals surface area contributed by atoms with E-state index in [9.17, 15) is 19.8 Å². The zero-order valence-corrected chi connectivity index (χ0v) is 30.5. The smallest absolute Gasteiger partial charge is 0.361 e. The number of aliphatic hydroxyl groups excluding tert-OH is 1. The number of esters is 1. The predicted molar refractivity (Wildman–Crippen MR) is 189 cm³/mol. The zero-order chi connectivity index (χ0) is 34.1. The van der Waals surface area contributed by atoms with Gasteiger partial charge in [-0.2, -0.15) is 0 Å². The number of carboxylic acid groups (broad SMARTS) is 1. The molecule has 2 N–H and O–H groups in total. The molecule has 8 nitrogen and oxygen atoms in total. The van der Waals surface area contributed by atoms with Crippen molar-refractivity contribution >= 4 is 11.9 Å². The van der Waals surface area contributed by atoms with Crippen LogP contribution in [0.25, 0.3) is 0 Å². The minimum Gasteiger partial charge on any atom is -0.477 e. The molecule has 0 aromatic rings. The minimum atomic E-state index is -1.46. The quantitative estimate of drug-likeness (QED) is 0.0231. The lowest BCUT2D eigenvalue weighted by atomic mass is 10.0. The summed E-state index contributed by atoms with van der Waals surface area (Å²) in [5.41, 5.74) is 0. The molecule has 46 heavy (non-hydrogen) atoms. The highest BCUT2D eigenvalue weighted by Crippen LogP contribution is 2.14. The molecular formula is C38H74NO7+. The fraction of sp³-hybridized carbons (Fsp3) is 0.895. The molecule has 0 aliphatic heterocycles. The van der Waals surface area contributed by atoms with E-state index in [1.807, 2.05) is 21.1 Å². The number of carbonyl (C=O) groups is 2. The summed E-state index contributed by atoms with van der Waals surface area (Å²) in [6, 6.07) is 0. The monoisotopic (exact) mass is 657 g/mol. The SMILES string of the molecule is CCCCCCCCCC/C=C\CCCCCCCCCCCCCCCC(=O)OCC(O)COC(OCC[N+](C)(C)C)C(=O)O. The average molecular weight is 657 g/mol. The van der Waals surface area contributed by atoms with Gasteiger partial charge in [-0.1, -0.05) is 135 Å². The van der Waals surface area contributed by atoms with Crippen LogP contribution in [0.15, 0.2) is 12.2 Å². The highest BCUT2D eigenvalue weighted by atomic mass is 16.7. The lowest BCUT2D eigenvalue weighted by molar-refractivity contribution is -0.870. The third-order valence-corrected chi connectivity index (χ3v) is 8.25. The van der Waals surface area contributed by atoms with Gasteiger partial charge < -0.3 is 28.9 Å². The van der Waals surface area contributed by atoms with Gasteiger partial charge in [-0.3, -0.25) is 4.79 Å². The molecule has 0 fully saturated rings. The number of hydrogen-bond acceptors (Lipinski definition) is 6. The van der Waals surface area contributed by atoms with Crippen molar-refractivity contribution in [3.05, 3.63) is 12.2 Å². The number of hydrogen-bond donors (Lipinski definition) is 2. The molecule has 0 heterocycles. The molecule has 0 saturated heterocycles. The Balaban J connectivity index is 3.45. The summed E-state index contributed by atoms with van der Waals surface area (Å²) < 4.78 is 16.2. The second-order valence-electron chi connectivity index (χ2n) is 14.1. The summed E-state index contributed by atoms with van der Waals surface area (Å²) >= 11 is 0. The van der Waals surface area contributed by atoms with Gasteiger partial charge in [-0.15, -0.1) is 0 Å². The van der Waals surface area contributed by atoms with Crippen molar-refractivity contribution in [1.82, 2.24) is 0 Å². The first-order chi connectivity index (χ1) is 22.2. The molecule has 0 aromatic carbocycles. The third-order valence-electron chi connectivity index (χ3n) is 8.25. The number of aliphatic carboxylic acids is 1. The molecule has 0 aliphatic rings. The van der Waals surface area contributed by atoms with Crippen molar-refractivity contribution in [3.8, 4) is 0 Å². The van der Waals surface area contributed by atoms with Gasteiger partial charge in [-0.25, -0.2) is 4.79 Å². The maximum absolute atomic E-state index is 12.0. The summed E-state index contributed by atoms with van der Waals surface area (Å²) in [6.45, 7) is 2.60. The fourth-order valence-electron chi connectivity index (χ4n) is 5.24. The van der Waals surface area contributed by atoms with Crippen molar-refractivity contribution < 1.29 is 38.5 Å². The Morgan fingerprint density at radius 2 is 1.07 bits per heavy atom. The molecule has 0 spiro atoms. The summed E-state index contributed by atoms with van der Waals surface area (Å²) in [5, 5.41) is 19.2. The molecular weight excluding hydrogens is 582 g/mol. The molecule has 272 valence electrons. The number of nitrogens with zero attached hydrogens (tertiary/aromatic N) is 1.